The van der Waals surface area contributed by atoms with E-state index in [1.807, 2.05) is 0 Å². The van der Waals surface area contributed by atoms with Gasteiger partial charge in [0.25, 0.3) is 5.91 Å². The van der Waals surface area contributed by atoms with E-state index in [-0.39, 0.29) is 5.82 Å². The van der Waals surface area contributed by atoms with E-state index in [9.17, 15) is 14.0 Å². The summed E-state index contributed by atoms with van der Waals surface area (Å²) in [6.45, 7) is -0.420. The number of esters is 1. The Balaban J connectivity index is 1.66. The standard InChI is InChI=1S/C22H24FNO5/c1-27-17-9-10-18(19(13-17)28-2)24-20(25)14-29-21(26)22(11-3-4-12-22)15-5-7-16(23)8-6-15/h5-10,13H,3-4,11-12,14H2,1-2H3,(H,24,25). The molecule has 6 nitrogen and oxygen atoms in total. The molecule has 1 fully saturated rings. The summed E-state index contributed by atoms with van der Waals surface area (Å²) in [5, 5.41) is 2.67. The molecule has 0 aliphatic heterocycles. The van der Waals surface area contributed by atoms with Gasteiger partial charge >= 0.3 is 5.97 Å². The third-order valence-corrected chi connectivity index (χ3v) is 5.26. The van der Waals surface area contributed by atoms with E-state index in [1.165, 1.54) is 26.4 Å². The largest absolute Gasteiger partial charge is 0.497 e. The summed E-state index contributed by atoms with van der Waals surface area (Å²) < 4.78 is 29.0. The number of nitrogens with one attached hydrogen (secondary N) is 1. The Hall–Kier alpha value is -3.09. The van der Waals surface area contributed by atoms with Crippen molar-refractivity contribution in [3.63, 3.8) is 0 Å². The van der Waals surface area contributed by atoms with Crippen molar-refractivity contribution in [2.45, 2.75) is 31.1 Å². The maximum Gasteiger partial charge on any atom is 0.317 e. The first-order chi connectivity index (χ1) is 14.0. The van der Waals surface area contributed by atoms with Crippen LogP contribution in [-0.4, -0.2) is 32.7 Å². The Kier molecular flexibility index (Phi) is 6.36. The number of hydrogen-bond acceptors (Lipinski definition) is 5. The molecule has 0 saturated heterocycles. The molecule has 1 amide bonds. The van der Waals surface area contributed by atoms with Crippen LogP contribution in [0.2, 0.25) is 0 Å². The van der Waals surface area contributed by atoms with Crippen molar-refractivity contribution in [2.24, 2.45) is 0 Å². The van der Waals surface area contributed by atoms with Crippen LogP contribution in [0.4, 0.5) is 10.1 Å². The number of hydrogen-bond donors (Lipinski definition) is 1. The summed E-state index contributed by atoms with van der Waals surface area (Å²) in [6, 6.07) is 10.9. The molecule has 0 aromatic heterocycles. The molecular formula is C22H24FNO5. The molecule has 0 spiro atoms. The zero-order valence-electron chi connectivity index (χ0n) is 16.5. The number of rotatable bonds is 7. The third-order valence-electron chi connectivity index (χ3n) is 5.26. The zero-order valence-corrected chi connectivity index (χ0v) is 16.5. The Morgan fingerprint density at radius 3 is 2.34 bits per heavy atom. The van der Waals surface area contributed by atoms with Crippen molar-refractivity contribution in [3.05, 3.63) is 53.8 Å². The Bertz CT molecular complexity index is 875. The molecular weight excluding hydrogens is 377 g/mol. The molecule has 2 aromatic carbocycles. The lowest BCUT2D eigenvalue weighted by Crippen LogP contribution is -2.36. The molecule has 3 rings (SSSR count). The summed E-state index contributed by atoms with van der Waals surface area (Å²) >= 11 is 0. The van der Waals surface area contributed by atoms with E-state index in [1.54, 1.807) is 30.3 Å². The highest BCUT2D eigenvalue weighted by molar-refractivity contribution is 5.95. The Morgan fingerprint density at radius 2 is 1.72 bits per heavy atom. The minimum atomic E-state index is -0.828. The van der Waals surface area contributed by atoms with E-state index in [2.05, 4.69) is 5.32 Å². The second-order valence-corrected chi connectivity index (χ2v) is 6.99. The third kappa shape index (κ3) is 4.50. The lowest BCUT2D eigenvalue weighted by atomic mass is 9.79. The van der Waals surface area contributed by atoms with E-state index in [0.717, 1.165) is 18.4 Å². The summed E-state index contributed by atoms with van der Waals surface area (Å²) in [5.41, 5.74) is 0.341. The van der Waals surface area contributed by atoms with Gasteiger partial charge in [-0.2, -0.15) is 0 Å². The van der Waals surface area contributed by atoms with Crippen molar-refractivity contribution >= 4 is 17.6 Å². The van der Waals surface area contributed by atoms with Gasteiger partial charge in [0.1, 0.15) is 17.3 Å². The fraction of sp³-hybridized carbons (Fsp3) is 0.364. The van der Waals surface area contributed by atoms with Gasteiger partial charge in [-0.1, -0.05) is 25.0 Å². The molecule has 2 aromatic rings. The molecule has 0 unspecified atom stereocenters. The van der Waals surface area contributed by atoms with Crippen molar-refractivity contribution in [3.8, 4) is 11.5 Å². The molecule has 0 atom stereocenters. The second kappa shape index (κ2) is 8.94. The van der Waals surface area contributed by atoms with Crippen molar-refractivity contribution in [1.82, 2.24) is 0 Å². The molecule has 1 saturated carbocycles. The maximum absolute atomic E-state index is 13.3. The first-order valence-electron chi connectivity index (χ1n) is 9.43. The molecule has 1 N–H and O–H groups in total. The van der Waals surface area contributed by atoms with Gasteiger partial charge in [-0.3, -0.25) is 9.59 Å². The summed E-state index contributed by atoms with van der Waals surface area (Å²) in [5.74, 6) is -0.271. The van der Waals surface area contributed by atoms with Gasteiger partial charge in [0.2, 0.25) is 0 Å². The molecule has 0 heterocycles. The van der Waals surface area contributed by atoms with Crippen molar-refractivity contribution < 1.29 is 28.2 Å². The van der Waals surface area contributed by atoms with Crippen LogP contribution in [0, 0.1) is 5.82 Å². The molecule has 7 heteroatoms. The number of halogens is 1. The van der Waals surface area contributed by atoms with Gasteiger partial charge in [-0.15, -0.1) is 0 Å². The number of methoxy groups -OCH3 is 2. The van der Waals surface area contributed by atoms with Crippen molar-refractivity contribution in [1.29, 1.82) is 0 Å². The van der Waals surface area contributed by atoms with E-state index >= 15 is 0 Å². The van der Waals surface area contributed by atoms with Crippen LogP contribution >= 0.6 is 0 Å². The van der Waals surface area contributed by atoms with Crippen LogP contribution in [0.5, 0.6) is 11.5 Å². The van der Waals surface area contributed by atoms with E-state index in [4.69, 9.17) is 14.2 Å². The number of carbonyl (C=O) groups is 2. The fourth-order valence-corrected chi connectivity index (χ4v) is 3.72. The average molecular weight is 401 g/mol. The second-order valence-electron chi connectivity index (χ2n) is 6.99. The first-order valence-corrected chi connectivity index (χ1v) is 9.43. The minimum absolute atomic E-state index is 0.358. The van der Waals surface area contributed by atoms with E-state index < -0.39 is 23.9 Å². The lowest BCUT2D eigenvalue weighted by Gasteiger charge is -2.27. The lowest BCUT2D eigenvalue weighted by molar-refractivity contribution is -0.153. The van der Waals surface area contributed by atoms with Crippen LogP contribution in [0.1, 0.15) is 31.2 Å². The number of carbonyl (C=O) groups excluding carboxylic acids is 2. The molecule has 0 bridgehead atoms. The smallest absolute Gasteiger partial charge is 0.317 e. The SMILES string of the molecule is COc1ccc(NC(=O)COC(=O)C2(c3ccc(F)cc3)CCCC2)c(OC)c1. The zero-order chi connectivity index (χ0) is 20.9. The van der Waals surface area contributed by atoms with Gasteiger partial charge < -0.3 is 19.5 Å². The average Bonchev–Trinajstić information content (AvgIpc) is 3.24. The molecule has 1 aliphatic rings. The highest BCUT2D eigenvalue weighted by Gasteiger charge is 2.44. The maximum atomic E-state index is 13.3. The number of amides is 1. The molecule has 154 valence electrons. The van der Waals surface area contributed by atoms with Gasteiger partial charge in [-0.05, 0) is 42.7 Å². The topological polar surface area (TPSA) is 73.9 Å². The van der Waals surface area contributed by atoms with Gasteiger partial charge in [-0.25, -0.2) is 4.39 Å². The summed E-state index contributed by atoms with van der Waals surface area (Å²) in [7, 11) is 3.02. The van der Waals surface area contributed by atoms with E-state index in [0.29, 0.717) is 30.0 Å². The Labute approximate surface area is 169 Å². The predicted molar refractivity (Wildman–Crippen MR) is 106 cm³/mol. The highest BCUT2D eigenvalue weighted by Crippen LogP contribution is 2.42. The van der Waals surface area contributed by atoms with Crippen molar-refractivity contribution in [2.75, 3.05) is 26.1 Å². The quantitative estimate of drug-likeness (QED) is 0.714. The van der Waals surface area contributed by atoms with Crippen LogP contribution in [0.15, 0.2) is 42.5 Å². The Morgan fingerprint density at radius 1 is 1.03 bits per heavy atom. The number of ether oxygens (including phenoxy) is 3. The highest BCUT2D eigenvalue weighted by atomic mass is 19.1. The van der Waals surface area contributed by atoms with Gasteiger partial charge in [0, 0.05) is 6.07 Å². The van der Waals surface area contributed by atoms with Crippen LogP contribution < -0.4 is 14.8 Å². The van der Waals surface area contributed by atoms with Crippen LogP contribution in [0.25, 0.3) is 0 Å². The molecule has 29 heavy (non-hydrogen) atoms. The first kappa shape index (κ1) is 20.6. The van der Waals surface area contributed by atoms with Crippen LogP contribution in [0.3, 0.4) is 0 Å². The number of anilines is 1. The monoisotopic (exact) mass is 401 g/mol. The summed E-state index contributed by atoms with van der Waals surface area (Å²) in [4.78, 5) is 25.2. The molecule has 1 aliphatic carbocycles. The molecule has 0 radical (unpaired) electrons. The normalized spacial score (nSPS) is 14.9. The minimum Gasteiger partial charge on any atom is -0.497 e. The van der Waals surface area contributed by atoms with Gasteiger partial charge in [0.15, 0.2) is 6.61 Å². The fourth-order valence-electron chi connectivity index (χ4n) is 3.72. The van der Waals surface area contributed by atoms with Gasteiger partial charge in [0.05, 0.1) is 25.3 Å². The number of benzene rings is 2. The summed E-state index contributed by atoms with van der Waals surface area (Å²) in [6.07, 6.45) is 2.99. The van der Waals surface area contributed by atoms with Crippen LogP contribution in [-0.2, 0) is 19.7 Å². The predicted octanol–water partition coefficient (Wildman–Crippen LogP) is 3.84.